The van der Waals surface area contributed by atoms with Crippen LogP contribution in [0, 0.1) is 0 Å². The number of aromatic nitrogens is 2. The predicted molar refractivity (Wildman–Crippen MR) is 150 cm³/mol. The number of para-hydroxylation sites is 3. The standard InChI is InChI=1S/C31H24N4O3/c1-37-27-17-16-20(19-28(27)38-2)18-25-31(36)35(30(34-25)21-10-4-3-5-11-21)26-15-9-6-12-22(26)29-32-23-13-7-8-14-24(23)33-29/h3-19H,1-2H3,(H,32,33). The van der Waals surface area contributed by atoms with Gasteiger partial charge in [0.05, 0.1) is 30.9 Å². The first-order valence-corrected chi connectivity index (χ1v) is 12.1. The van der Waals surface area contributed by atoms with E-state index in [1.807, 2.05) is 91.0 Å². The van der Waals surface area contributed by atoms with Crippen LogP contribution < -0.4 is 14.4 Å². The van der Waals surface area contributed by atoms with Gasteiger partial charge in [-0.2, -0.15) is 0 Å². The fourth-order valence-electron chi connectivity index (χ4n) is 4.57. The Labute approximate surface area is 219 Å². The maximum atomic E-state index is 14.0. The molecule has 1 aliphatic rings. The highest BCUT2D eigenvalue weighted by atomic mass is 16.5. The van der Waals surface area contributed by atoms with Crippen LogP contribution in [0.2, 0.25) is 0 Å². The smallest absolute Gasteiger partial charge is 0.282 e. The molecule has 186 valence electrons. The molecule has 1 aromatic heterocycles. The first kappa shape index (κ1) is 23.2. The maximum Gasteiger partial charge on any atom is 0.282 e. The number of carbonyl (C=O) groups is 1. The zero-order valence-electron chi connectivity index (χ0n) is 20.9. The number of rotatable bonds is 6. The predicted octanol–water partition coefficient (Wildman–Crippen LogP) is 6.08. The Morgan fingerprint density at radius 2 is 1.55 bits per heavy atom. The lowest BCUT2D eigenvalue weighted by molar-refractivity contribution is -0.113. The number of amides is 1. The average Bonchev–Trinajstić information content (AvgIpc) is 3.54. The van der Waals surface area contributed by atoms with Crippen molar-refractivity contribution in [3.63, 3.8) is 0 Å². The Balaban J connectivity index is 1.49. The molecule has 0 fully saturated rings. The number of nitrogens with one attached hydrogen (secondary N) is 1. The van der Waals surface area contributed by atoms with Crippen molar-refractivity contribution in [1.82, 2.24) is 9.97 Å². The van der Waals surface area contributed by atoms with Gasteiger partial charge in [0.25, 0.3) is 5.91 Å². The van der Waals surface area contributed by atoms with Crippen LogP contribution in [0.1, 0.15) is 11.1 Å². The molecular formula is C31H24N4O3. The van der Waals surface area contributed by atoms with Crippen molar-refractivity contribution >= 4 is 34.5 Å². The van der Waals surface area contributed by atoms with E-state index in [1.54, 1.807) is 31.3 Å². The molecule has 0 saturated carbocycles. The third-order valence-electron chi connectivity index (χ3n) is 6.39. The molecule has 1 aliphatic heterocycles. The van der Waals surface area contributed by atoms with Crippen LogP contribution in [-0.4, -0.2) is 35.9 Å². The summed E-state index contributed by atoms with van der Waals surface area (Å²) in [4.78, 5) is 28.6. The van der Waals surface area contributed by atoms with Crippen LogP contribution in [0.15, 0.2) is 108 Å². The van der Waals surface area contributed by atoms with Crippen molar-refractivity contribution in [2.24, 2.45) is 4.99 Å². The molecule has 0 saturated heterocycles. The molecule has 38 heavy (non-hydrogen) atoms. The van der Waals surface area contributed by atoms with Crippen molar-refractivity contribution in [3.8, 4) is 22.9 Å². The second-order valence-corrected chi connectivity index (χ2v) is 8.71. The summed E-state index contributed by atoms with van der Waals surface area (Å²) in [6, 6.07) is 30.8. The van der Waals surface area contributed by atoms with Crippen molar-refractivity contribution in [2.75, 3.05) is 19.1 Å². The number of hydrogen-bond donors (Lipinski definition) is 1. The summed E-state index contributed by atoms with van der Waals surface area (Å²) in [5, 5.41) is 0. The normalized spacial score (nSPS) is 14.3. The molecule has 0 spiro atoms. The number of hydrogen-bond acceptors (Lipinski definition) is 5. The number of imidazole rings is 1. The fourth-order valence-corrected chi connectivity index (χ4v) is 4.57. The largest absolute Gasteiger partial charge is 0.493 e. The number of amidine groups is 1. The highest BCUT2D eigenvalue weighted by Crippen LogP contribution is 2.36. The van der Waals surface area contributed by atoms with Gasteiger partial charge < -0.3 is 14.5 Å². The van der Waals surface area contributed by atoms with Gasteiger partial charge in [0.15, 0.2) is 11.5 Å². The van der Waals surface area contributed by atoms with Crippen molar-refractivity contribution < 1.29 is 14.3 Å². The van der Waals surface area contributed by atoms with E-state index in [0.29, 0.717) is 34.5 Å². The van der Waals surface area contributed by atoms with E-state index in [2.05, 4.69) is 4.98 Å². The molecule has 0 unspecified atom stereocenters. The number of ether oxygens (including phenoxy) is 2. The molecular weight excluding hydrogens is 476 g/mol. The molecule has 5 aromatic rings. The van der Waals surface area contributed by atoms with Crippen LogP contribution in [0.4, 0.5) is 5.69 Å². The van der Waals surface area contributed by atoms with E-state index in [1.165, 1.54) is 0 Å². The van der Waals surface area contributed by atoms with E-state index in [0.717, 1.165) is 27.7 Å². The van der Waals surface area contributed by atoms with Crippen LogP contribution in [0.25, 0.3) is 28.5 Å². The number of methoxy groups -OCH3 is 2. The van der Waals surface area contributed by atoms with Crippen molar-refractivity contribution in [1.29, 1.82) is 0 Å². The van der Waals surface area contributed by atoms with Crippen LogP contribution >= 0.6 is 0 Å². The number of aliphatic imine (C=N–C) groups is 1. The first-order chi connectivity index (χ1) is 18.7. The molecule has 1 N–H and O–H groups in total. The minimum atomic E-state index is -0.234. The maximum absolute atomic E-state index is 14.0. The number of H-pyrrole nitrogens is 1. The van der Waals surface area contributed by atoms with Gasteiger partial charge >= 0.3 is 0 Å². The van der Waals surface area contributed by atoms with Gasteiger partial charge in [-0.1, -0.05) is 60.7 Å². The number of carbonyl (C=O) groups excluding carboxylic acids is 1. The molecule has 4 aromatic carbocycles. The summed E-state index contributed by atoms with van der Waals surface area (Å²) in [6.07, 6.45) is 1.76. The summed E-state index contributed by atoms with van der Waals surface area (Å²) in [5.41, 5.74) is 5.19. The highest BCUT2D eigenvalue weighted by molar-refractivity contribution is 6.34. The molecule has 0 aliphatic carbocycles. The Morgan fingerprint density at radius 1 is 0.816 bits per heavy atom. The Kier molecular flexibility index (Phi) is 5.94. The number of aromatic amines is 1. The van der Waals surface area contributed by atoms with Crippen LogP contribution in [-0.2, 0) is 4.79 Å². The molecule has 2 heterocycles. The SMILES string of the molecule is COc1ccc(C=C2N=C(c3ccccc3)N(c3ccccc3-c3nc4ccccc4[nH]3)C2=O)cc1OC. The van der Waals surface area contributed by atoms with Gasteiger partial charge in [0.2, 0.25) is 0 Å². The molecule has 0 radical (unpaired) electrons. The lowest BCUT2D eigenvalue weighted by atomic mass is 10.1. The van der Waals surface area contributed by atoms with Gasteiger partial charge in [-0.25, -0.2) is 9.98 Å². The summed E-state index contributed by atoms with van der Waals surface area (Å²) in [7, 11) is 3.17. The summed E-state index contributed by atoms with van der Waals surface area (Å²) >= 11 is 0. The Hall–Kier alpha value is -5.17. The third-order valence-corrected chi connectivity index (χ3v) is 6.39. The monoisotopic (exact) mass is 500 g/mol. The molecule has 0 bridgehead atoms. The van der Waals surface area contributed by atoms with Gasteiger partial charge in [-0.15, -0.1) is 0 Å². The van der Waals surface area contributed by atoms with Crippen molar-refractivity contribution in [3.05, 3.63) is 114 Å². The van der Waals surface area contributed by atoms with Gasteiger partial charge in [0.1, 0.15) is 17.4 Å². The highest BCUT2D eigenvalue weighted by Gasteiger charge is 2.34. The number of fused-ring (bicyclic) bond motifs is 1. The summed E-state index contributed by atoms with van der Waals surface area (Å²) < 4.78 is 10.8. The minimum Gasteiger partial charge on any atom is -0.493 e. The van der Waals surface area contributed by atoms with Gasteiger partial charge in [0, 0.05) is 11.1 Å². The van der Waals surface area contributed by atoms with E-state index >= 15 is 0 Å². The Morgan fingerprint density at radius 3 is 2.34 bits per heavy atom. The second-order valence-electron chi connectivity index (χ2n) is 8.71. The summed E-state index contributed by atoms with van der Waals surface area (Å²) in [6.45, 7) is 0. The molecule has 7 heteroatoms. The summed E-state index contributed by atoms with van der Waals surface area (Å²) in [5.74, 6) is 2.18. The van der Waals surface area contributed by atoms with E-state index in [9.17, 15) is 4.79 Å². The third kappa shape index (κ3) is 4.10. The second kappa shape index (κ2) is 9.71. The fraction of sp³-hybridized carbons (Fsp3) is 0.0645. The number of nitrogens with zero attached hydrogens (tertiary/aromatic N) is 3. The van der Waals surface area contributed by atoms with E-state index in [-0.39, 0.29) is 5.91 Å². The zero-order chi connectivity index (χ0) is 26.1. The Bertz CT molecular complexity index is 1690. The zero-order valence-corrected chi connectivity index (χ0v) is 20.9. The molecule has 7 nitrogen and oxygen atoms in total. The van der Waals surface area contributed by atoms with Crippen LogP contribution in [0.3, 0.4) is 0 Å². The molecule has 0 atom stereocenters. The molecule has 1 amide bonds. The number of benzene rings is 4. The lowest BCUT2D eigenvalue weighted by Crippen LogP contribution is -2.33. The van der Waals surface area contributed by atoms with Crippen molar-refractivity contribution in [2.45, 2.75) is 0 Å². The van der Waals surface area contributed by atoms with Crippen LogP contribution in [0.5, 0.6) is 11.5 Å². The minimum absolute atomic E-state index is 0.234. The van der Waals surface area contributed by atoms with E-state index < -0.39 is 0 Å². The first-order valence-electron chi connectivity index (χ1n) is 12.1. The topological polar surface area (TPSA) is 79.8 Å². The average molecular weight is 501 g/mol. The van der Waals surface area contributed by atoms with Gasteiger partial charge in [-0.05, 0) is 48.0 Å². The van der Waals surface area contributed by atoms with E-state index in [4.69, 9.17) is 19.5 Å². The number of anilines is 1. The molecule has 6 rings (SSSR count). The quantitative estimate of drug-likeness (QED) is 0.287. The lowest BCUT2D eigenvalue weighted by Gasteiger charge is -2.21. The van der Waals surface area contributed by atoms with Gasteiger partial charge in [-0.3, -0.25) is 9.69 Å².